The highest BCUT2D eigenvalue weighted by Gasteiger charge is 2.12. The molecule has 0 fully saturated rings. The number of aliphatic carboxylic acids is 1. The quantitative estimate of drug-likeness (QED) is 0.725. The van der Waals surface area contributed by atoms with E-state index >= 15 is 0 Å². The summed E-state index contributed by atoms with van der Waals surface area (Å²) in [6.07, 6.45) is 3.26. The van der Waals surface area contributed by atoms with Crippen LogP contribution in [-0.2, 0) is 4.79 Å². The third-order valence-electron chi connectivity index (χ3n) is 2.01. The lowest BCUT2D eigenvalue weighted by Crippen LogP contribution is -1.97. The van der Waals surface area contributed by atoms with Gasteiger partial charge < -0.3 is 5.11 Å². The monoisotopic (exact) mass is 188 g/mol. The molecule has 2 aromatic heterocycles. The molecule has 0 aliphatic rings. The number of pyridine rings is 1. The second-order valence-corrected chi connectivity index (χ2v) is 2.87. The van der Waals surface area contributed by atoms with Gasteiger partial charge in [-0.15, -0.1) is 0 Å². The van der Waals surface area contributed by atoms with E-state index in [-0.39, 0.29) is 5.57 Å². The first kappa shape index (κ1) is 8.50. The molecule has 0 aliphatic carbocycles. The number of carboxylic acid groups (broad SMARTS) is 1. The standard InChI is InChI=1S/C10H8N2O2/c1-7(10(13)14)8-6-11-12-5-3-2-4-9(8)12/h2-6H,1H2,(H,13,14). The largest absolute Gasteiger partial charge is 0.478 e. The van der Waals surface area contributed by atoms with Crippen molar-refractivity contribution in [3.63, 3.8) is 0 Å². The van der Waals surface area contributed by atoms with Crippen LogP contribution < -0.4 is 0 Å². The van der Waals surface area contributed by atoms with E-state index in [1.807, 2.05) is 12.1 Å². The van der Waals surface area contributed by atoms with E-state index in [1.165, 1.54) is 6.20 Å². The molecule has 0 atom stereocenters. The van der Waals surface area contributed by atoms with Crippen LogP contribution in [0.2, 0.25) is 0 Å². The number of aromatic nitrogens is 2. The number of hydrogen-bond acceptors (Lipinski definition) is 2. The van der Waals surface area contributed by atoms with Crippen molar-refractivity contribution in [2.24, 2.45) is 0 Å². The van der Waals surface area contributed by atoms with Crippen molar-refractivity contribution in [3.8, 4) is 0 Å². The fourth-order valence-corrected chi connectivity index (χ4v) is 1.28. The van der Waals surface area contributed by atoms with Crippen LogP contribution in [0.3, 0.4) is 0 Å². The summed E-state index contributed by atoms with van der Waals surface area (Å²) in [7, 11) is 0. The second kappa shape index (κ2) is 2.99. The Morgan fingerprint density at radius 3 is 3.00 bits per heavy atom. The van der Waals surface area contributed by atoms with Crippen LogP contribution in [0.15, 0.2) is 37.2 Å². The van der Waals surface area contributed by atoms with E-state index in [2.05, 4.69) is 11.7 Å². The second-order valence-electron chi connectivity index (χ2n) is 2.87. The molecule has 0 saturated carbocycles. The Morgan fingerprint density at radius 2 is 2.29 bits per heavy atom. The van der Waals surface area contributed by atoms with E-state index in [0.717, 1.165) is 5.52 Å². The number of fused-ring (bicyclic) bond motifs is 1. The van der Waals surface area contributed by atoms with E-state index in [0.29, 0.717) is 5.56 Å². The summed E-state index contributed by atoms with van der Waals surface area (Å²) >= 11 is 0. The van der Waals surface area contributed by atoms with Gasteiger partial charge in [-0.2, -0.15) is 5.10 Å². The minimum Gasteiger partial charge on any atom is -0.478 e. The summed E-state index contributed by atoms with van der Waals surface area (Å²) in [6.45, 7) is 3.49. The Balaban J connectivity index is 2.64. The number of carbonyl (C=O) groups is 1. The number of nitrogens with zero attached hydrogens (tertiary/aromatic N) is 2. The Morgan fingerprint density at radius 1 is 1.50 bits per heavy atom. The highest BCUT2D eigenvalue weighted by Crippen LogP contribution is 2.18. The smallest absolute Gasteiger partial charge is 0.335 e. The van der Waals surface area contributed by atoms with Crippen LogP contribution in [0.25, 0.3) is 11.1 Å². The zero-order valence-electron chi connectivity index (χ0n) is 7.34. The molecule has 2 aromatic rings. The number of rotatable bonds is 2. The SMILES string of the molecule is C=C(C(=O)O)c1cnn2ccccc12. The van der Waals surface area contributed by atoms with Crippen molar-refractivity contribution in [1.82, 2.24) is 9.61 Å². The topological polar surface area (TPSA) is 54.6 Å². The molecule has 0 spiro atoms. The lowest BCUT2D eigenvalue weighted by atomic mass is 10.1. The fraction of sp³-hybridized carbons (Fsp3) is 0. The highest BCUT2D eigenvalue weighted by molar-refractivity contribution is 6.16. The summed E-state index contributed by atoms with van der Waals surface area (Å²) in [5, 5.41) is 12.8. The summed E-state index contributed by atoms with van der Waals surface area (Å²) in [5.74, 6) is -1.02. The maximum absolute atomic E-state index is 10.7. The molecule has 0 amide bonds. The van der Waals surface area contributed by atoms with Crippen molar-refractivity contribution in [2.45, 2.75) is 0 Å². The minimum atomic E-state index is -1.02. The van der Waals surface area contributed by atoms with Crippen LogP contribution in [-0.4, -0.2) is 20.7 Å². The van der Waals surface area contributed by atoms with Crippen LogP contribution in [0, 0.1) is 0 Å². The number of hydrogen-bond donors (Lipinski definition) is 1. The summed E-state index contributed by atoms with van der Waals surface area (Å²) in [6, 6.07) is 5.46. The van der Waals surface area contributed by atoms with Crippen LogP contribution in [0.1, 0.15) is 5.56 Å². The van der Waals surface area contributed by atoms with Gasteiger partial charge in [-0.1, -0.05) is 12.6 Å². The summed E-state index contributed by atoms with van der Waals surface area (Å²) < 4.78 is 1.61. The molecule has 0 bridgehead atoms. The fourth-order valence-electron chi connectivity index (χ4n) is 1.28. The molecule has 0 unspecified atom stereocenters. The van der Waals surface area contributed by atoms with Crippen LogP contribution in [0.4, 0.5) is 0 Å². The Bertz CT molecular complexity index is 514. The highest BCUT2D eigenvalue weighted by atomic mass is 16.4. The molecule has 14 heavy (non-hydrogen) atoms. The third-order valence-corrected chi connectivity index (χ3v) is 2.01. The molecule has 4 heteroatoms. The summed E-state index contributed by atoms with van der Waals surface area (Å²) in [4.78, 5) is 10.7. The molecule has 0 aliphatic heterocycles. The molecule has 2 heterocycles. The van der Waals surface area contributed by atoms with E-state index in [4.69, 9.17) is 5.11 Å². The first-order valence-corrected chi connectivity index (χ1v) is 4.05. The first-order valence-electron chi connectivity index (χ1n) is 4.05. The Labute approximate surface area is 80.1 Å². The van der Waals surface area contributed by atoms with Crippen molar-refractivity contribution < 1.29 is 9.90 Å². The zero-order valence-corrected chi connectivity index (χ0v) is 7.34. The van der Waals surface area contributed by atoms with Crippen molar-refractivity contribution in [1.29, 1.82) is 0 Å². The lowest BCUT2D eigenvalue weighted by molar-refractivity contribution is -0.130. The molecule has 70 valence electrons. The molecule has 0 aromatic carbocycles. The molecule has 2 rings (SSSR count). The van der Waals surface area contributed by atoms with E-state index < -0.39 is 5.97 Å². The zero-order chi connectivity index (χ0) is 10.1. The average Bonchev–Trinajstić information content (AvgIpc) is 2.60. The lowest BCUT2D eigenvalue weighted by Gasteiger charge is -1.96. The summed E-state index contributed by atoms with van der Waals surface area (Å²) in [5.41, 5.74) is 1.37. The molecule has 0 saturated heterocycles. The van der Waals surface area contributed by atoms with Gasteiger partial charge in [0.2, 0.25) is 0 Å². The minimum absolute atomic E-state index is 0.0613. The van der Waals surface area contributed by atoms with Gasteiger partial charge in [-0.25, -0.2) is 9.31 Å². The molecular formula is C10H8N2O2. The van der Waals surface area contributed by atoms with Gasteiger partial charge in [0.05, 0.1) is 17.3 Å². The van der Waals surface area contributed by atoms with Gasteiger partial charge in [0, 0.05) is 11.8 Å². The van der Waals surface area contributed by atoms with Gasteiger partial charge in [-0.3, -0.25) is 0 Å². The average molecular weight is 188 g/mol. The van der Waals surface area contributed by atoms with Gasteiger partial charge in [0.25, 0.3) is 0 Å². The van der Waals surface area contributed by atoms with Crippen molar-refractivity contribution in [2.75, 3.05) is 0 Å². The maximum Gasteiger partial charge on any atom is 0.335 e. The predicted octanol–water partition coefficient (Wildman–Crippen LogP) is 1.43. The van der Waals surface area contributed by atoms with E-state index in [9.17, 15) is 4.79 Å². The van der Waals surface area contributed by atoms with E-state index in [1.54, 1.807) is 16.8 Å². The van der Waals surface area contributed by atoms with Gasteiger partial charge in [0.1, 0.15) is 0 Å². The Kier molecular flexibility index (Phi) is 1.81. The maximum atomic E-state index is 10.7. The van der Waals surface area contributed by atoms with Crippen LogP contribution >= 0.6 is 0 Å². The molecule has 1 N–H and O–H groups in total. The normalized spacial score (nSPS) is 10.3. The van der Waals surface area contributed by atoms with Gasteiger partial charge in [0.15, 0.2) is 0 Å². The molecule has 0 radical (unpaired) electrons. The molecular weight excluding hydrogens is 180 g/mol. The van der Waals surface area contributed by atoms with Crippen LogP contribution in [0.5, 0.6) is 0 Å². The van der Waals surface area contributed by atoms with Gasteiger partial charge in [-0.05, 0) is 12.1 Å². The predicted molar refractivity (Wildman–Crippen MR) is 51.9 cm³/mol. The third kappa shape index (κ3) is 1.17. The van der Waals surface area contributed by atoms with Crippen molar-refractivity contribution in [3.05, 3.63) is 42.7 Å². The van der Waals surface area contributed by atoms with Gasteiger partial charge >= 0.3 is 5.97 Å². The number of carboxylic acids is 1. The first-order chi connectivity index (χ1) is 6.70. The Hall–Kier alpha value is -2.10. The van der Waals surface area contributed by atoms with Crippen molar-refractivity contribution >= 4 is 17.1 Å². The molecule has 4 nitrogen and oxygen atoms in total.